The van der Waals surface area contributed by atoms with Crippen LogP contribution in [0.2, 0.25) is 0 Å². The Bertz CT molecular complexity index is 666. The van der Waals surface area contributed by atoms with Crippen LogP contribution >= 0.6 is 0 Å². The number of nitrogens with zero attached hydrogens (tertiary/aromatic N) is 3. The SMILES string of the molecule is CCOC(=O)c1cc(C#N)c(N2CCCCC2C(=O)O)nc1C. The first-order chi connectivity index (χ1) is 11.0. The first-order valence-corrected chi connectivity index (χ1v) is 7.57. The van der Waals surface area contributed by atoms with Gasteiger partial charge in [-0.1, -0.05) is 0 Å². The molecule has 2 rings (SSSR count). The molecule has 1 N–H and O–H groups in total. The summed E-state index contributed by atoms with van der Waals surface area (Å²) in [5.41, 5.74) is 0.843. The zero-order valence-corrected chi connectivity index (χ0v) is 13.2. The van der Waals surface area contributed by atoms with E-state index in [0.29, 0.717) is 24.5 Å². The summed E-state index contributed by atoms with van der Waals surface area (Å²) in [6.07, 6.45) is 2.19. The van der Waals surface area contributed by atoms with E-state index in [9.17, 15) is 20.0 Å². The fraction of sp³-hybridized carbons (Fsp3) is 0.500. The lowest BCUT2D eigenvalue weighted by Gasteiger charge is -2.34. The molecule has 0 aliphatic carbocycles. The topological polar surface area (TPSA) is 104 Å². The lowest BCUT2D eigenvalue weighted by Crippen LogP contribution is -2.45. The number of anilines is 1. The number of hydrogen-bond acceptors (Lipinski definition) is 6. The van der Waals surface area contributed by atoms with Gasteiger partial charge in [0.1, 0.15) is 17.9 Å². The van der Waals surface area contributed by atoms with Crippen LogP contribution in [-0.2, 0) is 9.53 Å². The second-order valence-corrected chi connectivity index (χ2v) is 5.37. The molecule has 0 radical (unpaired) electrons. The van der Waals surface area contributed by atoms with Gasteiger partial charge in [-0.2, -0.15) is 5.26 Å². The minimum Gasteiger partial charge on any atom is -0.480 e. The number of carboxylic acids is 1. The van der Waals surface area contributed by atoms with Gasteiger partial charge in [-0.3, -0.25) is 0 Å². The van der Waals surface area contributed by atoms with Gasteiger partial charge < -0.3 is 14.7 Å². The van der Waals surface area contributed by atoms with Gasteiger partial charge in [0.15, 0.2) is 0 Å². The molecular formula is C16H19N3O4. The molecule has 23 heavy (non-hydrogen) atoms. The zero-order valence-electron chi connectivity index (χ0n) is 13.2. The summed E-state index contributed by atoms with van der Waals surface area (Å²) in [5, 5.41) is 18.8. The molecule has 1 aromatic heterocycles. The highest BCUT2D eigenvalue weighted by Crippen LogP contribution is 2.28. The Morgan fingerprint density at radius 3 is 2.87 bits per heavy atom. The number of aliphatic carboxylic acids is 1. The van der Waals surface area contributed by atoms with E-state index in [1.165, 1.54) is 6.07 Å². The van der Waals surface area contributed by atoms with Crippen molar-refractivity contribution in [3.8, 4) is 6.07 Å². The van der Waals surface area contributed by atoms with E-state index < -0.39 is 18.0 Å². The van der Waals surface area contributed by atoms with E-state index in [0.717, 1.165) is 12.8 Å². The Labute approximate surface area is 134 Å². The number of piperidine rings is 1. The molecule has 0 saturated carbocycles. The molecule has 2 heterocycles. The Hall–Kier alpha value is -2.62. The second kappa shape index (κ2) is 7.09. The number of pyridine rings is 1. The molecule has 1 unspecified atom stereocenters. The number of aryl methyl sites for hydroxylation is 1. The Morgan fingerprint density at radius 1 is 1.52 bits per heavy atom. The number of ether oxygens (including phenoxy) is 1. The van der Waals surface area contributed by atoms with E-state index in [1.54, 1.807) is 18.7 Å². The maximum atomic E-state index is 11.9. The molecule has 1 fully saturated rings. The smallest absolute Gasteiger partial charge is 0.340 e. The van der Waals surface area contributed by atoms with E-state index in [4.69, 9.17) is 4.74 Å². The number of nitriles is 1. The van der Waals surface area contributed by atoms with Gasteiger partial charge in [0, 0.05) is 6.54 Å². The fourth-order valence-corrected chi connectivity index (χ4v) is 2.75. The maximum absolute atomic E-state index is 11.9. The van der Waals surface area contributed by atoms with Crippen molar-refractivity contribution in [2.75, 3.05) is 18.1 Å². The fourth-order valence-electron chi connectivity index (χ4n) is 2.75. The molecule has 0 amide bonds. The molecule has 1 aliphatic heterocycles. The van der Waals surface area contributed by atoms with Gasteiger partial charge in [0.25, 0.3) is 0 Å². The molecular weight excluding hydrogens is 298 g/mol. The molecule has 1 aromatic rings. The molecule has 1 aliphatic rings. The predicted octanol–water partition coefficient (Wildman–Crippen LogP) is 1.88. The first-order valence-electron chi connectivity index (χ1n) is 7.57. The van der Waals surface area contributed by atoms with E-state index in [-0.39, 0.29) is 17.7 Å². The summed E-state index contributed by atoms with van der Waals surface area (Å²) in [4.78, 5) is 29.4. The van der Waals surface area contributed by atoms with Crippen LogP contribution in [0.3, 0.4) is 0 Å². The van der Waals surface area contributed by atoms with Crippen molar-refractivity contribution < 1.29 is 19.4 Å². The molecule has 122 valence electrons. The molecule has 7 nitrogen and oxygen atoms in total. The Kier molecular flexibility index (Phi) is 5.16. The van der Waals surface area contributed by atoms with Crippen molar-refractivity contribution >= 4 is 17.8 Å². The Balaban J connectivity index is 2.46. The standard InChI is InChI=1S/C16H19N3O4/c1-3-23-16(22)12-8-11(9-17)14(18-10(12)2)19-7-5-4-6-13(19)15(20)21/h8,13H,3-7H2,1-2H3,(H,20,21). The first kappa shape index (κ1) is 16.7. The van der Waals surface area contributed by atoms with Crippen molar-refractivity contribution in [2.24, 2.45) is 0 Å². The largest absolute Gasteiger partial charge is 0.480 e. The van der Waals surface area contributed by atoms with Crippen LogP contribution in [0, 0.1) is 18.3 Å². The molecule has 0 aromatic carbocycles. The predicted molar refractivity (Wildman–Crippen MR) is 82.3 cm³/mol. The van der Waals surface area contributed by atoms with Gasteiger partial charge in [0.2, 0.25) is 0 Å². The van der Waals surface area contributed by atoms with E-state index in [1.807, 2.05) is 6.07 Å². The minimum absolute atomic E-state index is 0.187. The van der Waals surface area contributed by atoms with Crippen molar-refractivity contribution in [1.29, 1.82) is 5.26 Å². The number of carboxylic acid groups (broad SMARTS) is 1. The third kappa shape index (κ3) is 3.42. The van der Waals surface area contributed by atoms with Crippen molar-refractivity contribution in [3.05, 3.63) is 22.9 Å². The highest BCUT2D eigenvalue weighted by atomic mass is 16.5. The van der Waals surface area contributed by atoms with Crippen LogP contribution in [0.1, 0.15) is 47.8 Å². The summed E-state index contributed by atoms with van der Waals surface area (Å²) in [6, 6.07) is 2.75. The van der Waals surface area contributed by atoms with Crippen molar-refractivity contribution in [2.45, 2.75) is 39.2 Å². The molecule has 0 bridgehead atoms. The minimum atomic E-state index is -0.928. The quantitative estimate of drug-likeness (QED) is 0.845. The van der Waals surface area contributed by atoms with Crippen molar-refractivity contribution in [1.82, 2.24) is 4.98 Å². The summed E-state index contributed by atoms with van der Waals surface area (Å²) in [5.74, 6) is -1.14. The Morgan fingerprint density at radius 2 is 2.26 bits per heavy atom. The second-order valence-electron chi connectivity index (χ2n) is 5.37. The van der Waals surface area contributed by atoms with Gasteiger partial charge in [-0.25, -0.2) is 14.6 Å². The summed E-state index contributed by atoms with van der Waals surface area (Å²) in [6.45, 7) is 4.11. The highest BCUT2D eigenvalue weighted by molar-refractivity contribution is 5.91. The van der Waals surface area contributed by atoms with E-state index in [2.05, 4.69) is 4.98 Å². The van der Waals surface area contributed by atoms with Gasteiger partial charge in [-0.05, 0) is 39.2 Å². The third-order valence-electron chi connectivity index (χ3n) is 3.87. The number of esters is 1. The van der Waals surface area contributed by atoms with Crippen LogP contribution in [0.25, 0.3) is 0 Å². The van der Waals surface area contributed by atoms with Gasteiger partial charge in [-0.15, -0.1) is 0 Å². The van der Waals surface area contributed by atoms with Gasteiger partial charge in [0.05, 0.1) is 23.4 Å². The van der Waals surface area contributed by atoms with Gasteiger partial charge >= 0.3 is 11.9 Å². The van der Waals surface area contributed by atoms with Crippen molar-refractivity contribution in [3.63, 3.8) is 0 Å². The lowest BCUT2D eigenvalue weighted by atomic mass is 10.0. The number of rotatable bonds is 4. The average molecular weight is 317 g/mol. The van der Waals surface area contributed by atoms with Crippen LogP contribution in [0.5, 0.6) is 0 Å². The number of carbonyl (C=O) groups is 2. The highest BCUT2D eigenvalue weighted by Gasteiger charge is 2.31. The normalized spacial score (nSPS) is 17.4. The average Bonchev–Trinajstić information content (AvgIpc) is 2.54. The number of aromatic nitrogens is 1. The summed E-state index contributed by atoms with van der Waals surface area (Å²) >= 11 is 0. The zero-order chi connectivity index (χ0) is 17.0. The lowest BCUT2D eigenvalue weighted by molar-refractivity contribution is -0.139. The number of carbonyl (C=O) groups excluding carboxylic acids is 1. The summed E-state index contributed by atoms with van der Waals surface area (Å²) in [7, 11) is 0. The van der Waals surface area contributed by atoms with Crippen LogP contribution in [0.15, 0.2) is 6.07 Å². The summed E-state index contributed by atoms with van der Waals surface area (Å²) < 4.78 is 4.96. The van der Waals surface area contributed by atoms with Crippen LogP contribution in [-0.4, -0.2) is 41.2 Å². The van der Waals surface area contributed by atoms with Crippen LogP contribution in [0.4, 0.5) is 5.82 Å². The molecule has 7 heteroatoms. The monoisotopic (exact) mass is 317 g/mol. The molecule has 1 atom stereocenters. The van der Waals surface area contributed by atoms with E-state index >= 15 is 0 Å². The third-order valence-corrected chi connectivity index (χ3v) is 3.87. The van der Waals surface area contributed by atoms with Crippen LogP contribution < -0.4 is 4.90 Å². The number of hydrogen-bond donors (Lipinski definition) is 1. The maximum Gasteiger partial charge on any atom is 0.340 e. The molecule has 1 saturated heterocycles. The molecule has 0 spiro atoms.